The van der Waals surface area contributed by atoms with E-state index in [4.69, 9.17) is 9.68 Å². The van der Waals surface area contributed by atoms with Gasteiger partial charge in [-0.2, -0.15) is 5.26 Å². The molecule has 0 aliphatic heterocycles. The van der Waals surface area contributed by atoms with Crippen LogP contribution in [-0.4, -0.2) is 0 Å². The molecule has 0 aliphatic rings. The quantitative estimate of drug-likeness (QED) is 0.615. The summed E-state index contributed by atoms with van der Waals surface area (Å²) in [4.78, 5) is 0. The van der Waals surface area contributed by atoms with Gasteiger partial charge in [-0.1, -0.05) is 24.3 Å². The second-order valence-corrected chi connectivity index (χ2v) is 2.65. The van der Waals surface area contributed by atoms with E-state index in [0.29, 0.717) is 0 Å². The summed E-state index contributed by atoms with van der Waals surface area (Å²) in [6.07, 6.45) is 4.76. The van der Waals surface area contributed by atoms with Gasteiger partial charge in [-0.05, 0) is 6.08 Å². The molecule has 1 aromatic heterocycles. The average Bonchev–Trinajstić information content (AvgIpc) is 2.58. The van der Waals surface area contributed by atoms with Crippen LogP contribution in [0, 0.1) is 11.3 Å². The predicted octanol–water partition coefficient (Wildman–Crippen LogP) is 2.97. The number of nitriles is 1. The number of fused-ring (bicyclic) bond motifs is 1. The van der Waals surface area contributed by atoms with Crippen LogP contribution >= 0.6 is 0 Å². The van der Waals surface area contributed by atoms with Crippen LogP contribution in [0.4, 0.5) is 0 Å². The largest absolute Gasteiger partial charge is 0.464 e. The molecule has 1 aromatic carbocycles. The van der Waals surface area contributed by atoms with Gasteiger partial charge in [0, 0.05) is 16.8 Å². The highest BCUT2D eigenvalue weighted by atomic mass is 16.3. The molecule has 0 atom stereocenters. The molecule has 0 saturated carbocycles. The average molecular weight is 169 g/mol. The topological polar surface area (TPSA) is 36.9 Å². The summed E-state index contributed by atoms with van der Waals surface area (Å²) in [6, 6.07) is 9.77. The fourth-order valence-corrected chi connectivity index (χ4v) is 1.26. The Morgan fingerprint density at radius 3 is 3.00 bits per heavy atom. The van der Waals surface area contributed by atoms with Crippen molar-refractivity contribution in [3.8, 4) is 6.07 Å². The molecule has 0 bridgehead atoms. The molecule has 2 heteroatoms. The number of rotatable bonds is 1. The summed E-state index contributed by atoms with van der Waals surface area (Å²) in [5.41, 5.74) is 0. The summed E-state index contributed by atoms with van der Waals surface area (Å²) in [5, 5.41) is 10.5. The van der Waals surface area contributed by atoms with E-state index in [0.717, 1.165) is 16.5 Å². The minimum atomic E-state index is 0.733. The zero-order chi connectivity index (χ0) is 9.10. The van der Waals surface area contributed by atoms with Crippen molar-refractivity contribution in [1.29, 1.82) is 5.26 Å². The van der Waals surface area contributed by atoms with Crippen LogP contribution in [0.25, 0.3) is 16.8 Å². The molecule has 2 nitrogen and oxygen atoms in total. The first kappa shape index (κ1) is 7.63. The number of hydrogen-bond donors (Lipinski definition) is 0. The molecular formula is C11H7NO. The smallest absolute Gasteiger partial charge is 0.135 e. The monoisotopic (exact) mass is 169 g/mol. The van der Waals surface area contributed by atoms with Crippen molar-refractivity contribution in [3.05, 3.63) is 42.4 Å². The maximum atomic E-state index is 8.36. The van der Waals surface area contributed by atoms with Gasteiger partial charge >= 0.3 is 0 Å². The first-order valence-electron chi connectivity index (χ1n) is 3.94. The Labute approximate surface area is 75.7 Å². The number of benzene rings is 1. The van der Waals surface area contributed by atoms with Crippen LogP contribution in [0.15, 0.2) is 41.0 Å². The van der Waals surface area contributed by atoms with E-state index >= 15 is 0 Å². The standard InChI is InChI=1S/C11H7NO/c12-7-3-6-11-10-5-2-1-4-9(10)8-13-11/h1-6,8H/b6-3-. The number of allylic oxidation sites excluding steroid dienone is 1. The molecule has 0 spiro atoms. The Morgan fingerprint density at radius 1 is 1.31 bits per heavy atom. The van der Waals surface area contributed by atoms with Crippen molar-refractivity contribution in [1.82, 2.24) is 0 Å². The molecule has 2 aromatic rings. The molecule has 13 heavy (non-hydrogen) atoms. The third-order valence-corrected chi connectivity index (χ3v) is 1.85. The van der Waals surface area contributed by atoms with E-state index in [1.165, 1.54) is 6.08 Å². The van der Waals surface area contributed by atoms with Gasteiger partial charge < -0.3 is 4.42 Å². The fraction of sp³-hybridized carbons (Fsp3) is 0. The zero-order valence-electron chi connectivity index (χ0n) is 6.90. The number of furan rings is 1. The second kappa shape index (κ2) is 3.16. The lowest BCUT2D eigenvalue weighted by Gasteiger charge is -1.86. The van der Waals surface area contributed by atoms with E-state index in [9.17, 15) is 0 Å². The van der Waals surface area contributed by atoms with E-state index in [-0.39, 0.29) is 0 Å². The predicted molar refractivity (Wildman–Crippen MR) is 50.9 cm³/mol. The maximum Gasteiger partial charge on any atom is 0.135 e. The molecule has 0 aliphatic carbocycles. The highest BCUT2D eigenvalue weighted by Crippen LogP contribution is 2.21. The van der Waals surface area contributed by atoms with Crippen LogP contribution in [-0.2, 0) is 0 Å². The second-order valence-electron chi connectivity index (χ2n) is 2.65. The Morgan fingerprint density at radius 2 is 2.15 bits per heavy atom. The van der Waals surface area contributed by atoms with Crippen molar-refractivity contribution in [3.63, 3.8) is 0 Å². The SMILES string of the molecule is N#C/C=C\c1occ2ccccc12. The van der Waals surface area contributed by atoms with Gasteiger partial charge in [0.25, 0.3) is 0 Å². The molecule has 0 N–H and O–H groups in total. The van der Waals surface area contributed by atoms with Gasteiger partial charge in [0.15, 0.2) is 0 Å². The first-order valence-corrected chi connectivity index (χ1v) is 3.94. The normalized spacial score (nSPS) is 10.7. The van der Waals surface area contributed by atoms with Crippen LogP contribution in [0.1, 0.15) is 5.76 Å². The van der Waals surface area contributed by atoms with E-state index in [1.807, 2.05) is 30.3 Å². The van der Waals surface area contributed by atoms with Gasteiger partial charge in [0.1, 0.15) is 5.76 Å². The maximum absolute atomic E-state index is 8.36. The van der Waals surface area contributed by atoms with Gasteiger partial charge in [-0.25, -0.2) is 0 Å². The molecular weight excluding hydrogens is 162 g/mol. The van der Waals surface area contributed by atoms with E-state index < -0.39 is 0 Å². The van der Waals surface area contributed by atoms with Gasteiger partial charge in [-0.15, -0.1) is 0 Å². The Balaban J connectivity index is 2.59. The van der Waals surface area contributed by atoms with Crippen LogP contribution in [0.3, 0.4) is 0 Å². The molecule has 0 amide bonds. The molecule has 0 radical (unpaired) electrons. The molecule has 0 saturated heterocycles. The first-order chi connectivity index (χ1) is 6.42. The Bertz CT molecular complexity index is 488. The molecule has 2 rings (SSSR count). The van der Waals surface area contributed by atoms with Crippen LogP contribution in [0.2, 0.25) is 0 Å². The van der Waals surface area contributed by atoms with E-state index in [2.05, 4.69) is 0 Å². The lowest BCUT2D eigenvalue weighted by molar-refractivity contribution is 0.562. The summed E-state index contributed by atoms with van der Waals surface area (Å²) in [7, 11) is 0. The highest BCUT2D eigenvalue weighted by molar-refractivity contribution is 5.88. The highest BCUT2D eigenvalue weighted by Gasteiger charge is 2.00. The Hall–Kier alpha value is -2.01. The molecule has 0 fully saturated rings. The zero-order valence-corrected chi connectivity index (χ0v) is 6.90. The lowest BCUT2D eigenvalue weighted by Crippen LogP contribution is -1.66. The molecule has 62 valence electrons. The third-order valence-electron chi connectivity index (χ3n) is 1.85. The molecule has 0 unspecified atom stereocenters. The Kier molecular flexibility index (Phi) is 1.85. The van der Waals surface area contributed by atoms with Crippen molar-refractivity contribution in [2.75, 3.05) is 0 Å². The fourth-order valence-electron chi connectivity index (χ4n) is 1.26. The van der Waals surface area contributed by atoms with Crippen molar-refractivity contribution in [2.45, 2.75) is 0 Å². The van der Waals surface area contributed by atoms with Gasteiger partial charge in [-0.3, -0.25) is 0 Å². The summed E-state index contributed by atoms with van der Waals surface area (Å²) >= 11 is 0. The third kappa shape index (κ3) is 1.32. The summed E-state index contributed by atoms with van der Waals surface area (Å²) in [6.45, 7) is 0. The van der Waals surface area contributed by atoms with Gasteiger partial charge in [0.05, 0.1) is 12.3 Å². The van der Waals surface area contributed by atoms with Crippen molar-refractivity contribution < 1.29 is 4.42 Å². The number of nitrogens with zero attached hydrogens (tertiary/aromatic N) is 1. The summed E-state index contributed by atoms with van der Waals surface area (Å²) < 4.78 is 5.28. The van der Waals surface area contributed by atoms with E-state index in [1.54, 1.807) is 12.3 Å². The summed E-state index contributed by atoms with van der Waals surface area (Å²) in [5.74, 6) is 0.733. The minimum Gasteiger partial charge on any atom is -0.464 e. The van der Waals surface area contributed by atoms with Crippen molar-refractivity contribution in [2.24, 2.45) is 0 Å². The minimum absolute atomic E-state index is 0.733. The van der Waals surface area contributed by atoms with Crippen LogP contribution in [0.5, 0.6) is 0 Å². The van der Waals surface area contributed by atoms with Crippen LogP contribution < -0.4 is 0 Å². The molecule has 1 heterocycles. The van der Waals surface area contributed by atoms with Crippen molar-refractivity contribution >= 4 is 16.8 Å². The number of hydrogen-bond acceptors (Lipinski definition) is 2. The lowest BCUT2D eigenvalue weighted by atomic mass is 10.2. The van der Waals surface area contributed by atoms with Gasteiger partial charge in [0.2, 0.25) is 0 Å².